The average molecular weight is 288 g/mol. The number of anilines is 1. The lowest BCUT2D eigenvalue weighted by molar-refractivity contribution is -0.00326. The summed E-state index contributed by atoms with van der Waals surface area (Å²) < 4.78 is 5.84. The molecule has 2 aliphatic rings. The van der Waals surface area contributed by atoms with Gasteiger partial charge in [0.1, 0.15) is 0 Å². The SMILES string of the molecule is CNCC1(CN2c3ccccc3CCC2C)CCCOC1. The molecule has 1 saturated heterocycles. The van der Waals surface area contributed by atoms with Crippen molar-refractivity contribution in [3.8, 4) is 0 Å². The van der Waals surface area contributed by atoms with Crippen LogP contribution in [0.2, 0.25) is 0 Å². The molecule has 2 atom stereocenters. The number of aryl methyl sites for hydroxylation is 1. The fraction of sp³-hybridized carbons (Fsp3) is 0.667. The van der Waals surface area contributed by atoms with E-state index in [1.54, 1.807) is 0 Å². The number of hydrogen-bond donors (Lipinski definition) is 1. The number of hydrogen-bond acceptors (Lipinski definition) is 3. The zero-order valence-corrected chi connectivity index (χ0v) is 13.4. The monoisotopic (exact) mass is 288 g/mol. The van der Waals surface area contributed by atoms with Crippen LogP contribution in [0.5, 0.6) is 0 Å². The van der Waals surface area contributed by atoms with Crippen molar-refractivity contribution in [3.63, 3.8) is 0 Å². The van der Waals surface area contributed by atoms with E-state index >= 15 is 0 Å². The van der Waals surface area contributed by atoms with Gasteiger partial charge in [-0.2, -0.15) is 0 Å². The minimum Gasteiger partial charge on any atom is -0.381 e. The molecule has 0 saturated carbocycles. The van der Waals surface area contributed by atoms with Gasteiger partial charge in [0.15, 0.2) is 0 Å². The number of rotatable bonds is 4. The van der Waals surface area contributed by atoms with E-state index in [1.807, 2.05) is 0 Å². The first-order chi connectivity index (χ1) is 10.2. The van der Waals surface area contributed by atoms with Gasteiger partial charge in [0.2, 0.25) is 0 Å². The molecule has 0 bridgehead atoms. The Morgan fingerprint density at radius 3 is 3.00 bits per heavy atom. The Morgan fingerprint density at radius 2 is 2.24 bits per heavy atom. The van der Waals surface area contributed by atoms with Gasteiger partial charge in [-0.05, 0) is 51.3 Å². The van der Waals surface area contributed by atoms with E-state index in [-0.39, 0.29) is 5.41 Å². The van der Waals surface area contributed by atoms with Gasteiger partial charge in [0, 0.05) is 36.8 Å². The quantitative estimate of drug-likeness (QED) is 0.922. The van der Waals surface area contributed by atoms with Gasteiger partial charge in [-0.3, -0.25) is 0 Å². The van der Waals surface area contributed by atoms with Crippen LogP contribution in [0.3, 0.4) is 0 Å². The average Bonchev–Trinajstić information content (AvgIpc) is 2.51. The third-order valence-electron chi connectivity index (χ3n) is 5.13. The first-order valence-corrected chi connectivity index (χ1v) is 8.31. The van der Waals surface area contributed by atoms with E-state index < -0.39 is 0 Å². The Kier molecular flexibility index (Phi) is 4.51. The second-order valence-electron chi connectivity index (χ2n) is 6.83. The van der Waals surface area contributed by atoms with Gasteiger partial charge in [-0.25, -0.2) is 0 Å². The molecule has 0 radical (unpaired) electrons. The molecule has 0 amide bonds. The summed E-state index contributed by atoms with van der Waals surface area (Å²) in [6, 6.07) is 9.54. The number of fused-ring (bicyclic) bond motifs is 1. The van der Waals surface area contributed by atoms with Crippen molar-refractivity contribution in [1.29, 1.82) is 0 Å². The number of ether oxygens (including phenoxy) is 1. The van der Waals surface area contributed by atoms with Crippen LogP contribution in [0, 0.1) is 5.41 Å². The zero-order valence-electron chi connectivity index (χ0n) is 13.4. The Morgan fingerprint density at radius 1 is 1.38 bits per heavy atom. The smallest absolute Gasteiger partial charge is 0.0551 e. The van der Waals surface area contributed by atoms with E-state index in [2.05, 4.69) is 48.5 Å². The van der Waals surface area contributed by atoms with Crippen molar-refractivity contribution in [2.45, 2.75) is 38.6 Å². The van der Waals surface area contributed by atoms with Crippen LogP contribution < -0.4 is 10.2 Å². The lowest BCUT2D eigenvalue weighted by Gasteiger charge is -2.46. The van der Waals surface area contributed by atoms with Crippen molar-refractivity contribution in [3.05, 3.63) is 29.8 Å². The number of para-hydroxylation sites is 1. The number of benzene rings is 1. The second-order valence-corrected chi connectivity index (χ2v) is 6.83. The minimum absolute atomic E-state index is 0.256. The summed E-state index contributed by atoms with van der Waals surface area (Å²) in [4.78, 5) is 2.63. The molecule has 3 nitrogen and oxygen atoms in total. The van der Waals surface area contributed by atoms with E-state index in [9.17, 15) is 0 Å². The molecule has 3 heteroatoms. The van der Waals surface area contributed by atoms with Crippen LogP contribution >= 0.6 is 0 Å². The highest BCUT2D eigenvalue weighted by Crippen LogP contribution is 2.36. The molecule has 2 heterocycles. The van der Waals surface area contributed by atoms with Gasteiger partial charge >= 0.3 is 0 Å². The minimum atomic E-state index is 0.256. The van der Waals surface area contributed by atoms with E-state index in [0.29, 0.717) is 6.04 Å². The van der Waals surface area contributed by atoms with Gasteiger partial charge in [-0.1, -0.05) is 18.2 Å². The fourth-order valence-corrected chi connectivity index (χ4v) is 3.97. The molecule has 116 valence electrons. The molecule has 2 unspecified atom stereocenters. The van der Waals surface area contributed by atoms with Crippen molar-refractivity contribution in [2.24, 2.45) is 5.41 Å². The first-order valence-electron chi connectivity index (χ1n) is 8.31. The zero-order chi connectivity index (χ0) is 14.7. The third kappa shape index (κ3) is 3.09. The summed E-state index contributed by atoms with van der Waals surface area (Å²) in [5, 5.41) is 3.40. The summed E-state index contributed by atoms with van der Waals surface area (Å²) in [6.45, 7) is 6.33. The van der Waals surface area contributed by atoms with Crippen molar-refractivity contribution < 1.29 is 4.74 Å². The topological polar surface area (TPSA) is 24.5 Å². The van der Waals surface area contributed by atoms with Crippen LogP contribution in [0.1, 0.15) is 31.7 Å². The summed E-state index contributed by atoms with van der Waals surface area (Å²) in [7, 11) is 2.06. The number of nitrogens with zero attached hydrogens (tertiary/aromatic N) is 1. The van der Waals surface area contributed by atoms with E-state index in [0.717, 1.165) is 26.3 Å². The highest BCUT2D eigenvalue weighted by molar-refractivity contribution is 5.56. The molecule has 3 rings (SSSR count). The third-order valence-corrected chi connectivity index (χ3v) is 5.13. The predicted molar refractivity (Wildman–Crippen MR) is 88.0 cm³/mol. The lowest BCUT2D eigenvalue weighted by atomic mass is 9.80. The largest absolute Gasteiger partial charge is 0.381 e. The van der Waals surface area contributed by atoms with E-state index in [1.165, 1.54) is 36.9 Å². The first kappa shape index (κ1) is 14.9. The second kappa shape index (κ2) is 6.37. The predicted octanol–water partition coefficient (Wildman–Crippen LogP) is 2.84. The molecule has 1 aromatic carbocycles. The van der Waals surface area contributed by atoms with Crippen LogP contribution in [-0.4, -0.2) is 39.4 Å². The molecule has 0 aliphatic carbocycles. The molecule has 21 heavy (non-hydrogen) atoms. The van der Waals surface area contributed by atoms with Gasteiger partial charge < -0.3 is 15.0 Å². The maximum absolute atomic E-state index is 5.84. The highest BCUT2D eigenvalue weighted by atomic mass is 16.5. The van der Waals surface area contributed by atoms with Crippen molar-refractivity contribution in [1.82, 2.24) is 5.32 Å². The van der Waals surface area contributed by atoms with Crippen molar-refractivity contribution in [2.75, 3.05) is 38.3 Å². The summed E-state index contributed by atoms with van der Waals surface area (Å²) in [5.74, 6) is 0. The Hall–Kier alpha value is -1.06. The molecule has 0 aromatic heterocycles. The molecule has 0 spiro atoms. The summed E-state index contributed by atoms with van der Waals surface area (Å²) in [6.07, 6.45) is 4.92. The Bertz CT molecular complexity index is 463. The molecular formula is C18H28N2O. The molecule has 1 aromatic rings. The van der Waals surface area contributed by atoms with Gasteiger partial charge in [0.05, 0.1) is 6.61 Å². The summed E-state index contributed by atoms with van der Waals surface area (Å²) >= 11 is 0. The maximum atomic E-state index is 5.84. The molecule has 1 fully saturated rings. The normalized spacial score (nSPS) is 29.2. The Labute approximate surface area is 128 Å². The molecule has 2 aliphatic heterocycles. The van der Waals surface area contributed by atoms with E-state index in [4.69, 9.17) is 4.74 Å². The number of nitrogens with one attached hydrogen (secondary N) is 1. The van der Waals surface area contributed by atoms with Gasteiger partial charge in [0.25, 0.3) is 0 Å². The Balaban J connectivity index is 1.84. The molecular weight excluding hydrogens is 260 g/mol. The summed E-state index contributed by atoms with van der Waals surface area (Å²) in [5.41, 5.74) is 3.20. The van der Waals surface area contributed by atoms with Gasteiger partial charge in [-0.15, -0.1) is 0 Å². The fourth-order valence-electron chi connectivity index (χ4n) is 3.97. The standard InChI is InChI=1S/C18H28N2O/c1-15-8-9-16-6-3-4-7-17(16)20(15)13-18(12-19-2)10-5-11-21-14-18/h3-4,6-7,15,19H,5,8-14H2,1-2H3. The lowest BCUT2D eigenvalue weighted by Crippen LogP contribution is -2.51. The van der Waals surface area contributed by atoms with Crippen LogP contribution in [0.4, 0.5) is 5.69 Å². The van der Waals surface area contributed by atoms with Crippen LogP contribution in [0.15, 0.2) is 24.3 Å². The maximum Gasteiger partial charge on any atom is 0.0551 e. The van der Waals surface area contributed by atoms with Crippen LogP contribution in [0.25, 0.3) is 0 Å². The van der Waals surface area contributed by atoms with Crippen LogP contribution in [-0.2, 0) is 11.2 Å². The highest BCUT2D eigenvalue weighted by Gasteiger charge is 2.36. The van der Waals surface area contributed by atoms with Crippen molar-refractivity contribution >= 4 is 5.69 Å². The molecule has 1 N–H and O–H groups in total.